The number of carbonyl (C=O) groups is 1. The van der Waals surface area contributed by atoms with Gasteiger partial charge in [-0.3, -0.25) is 4.79 Å². The molecule has 3 aromatic rings. The minimum absolute atomic E-state index is 0.0266. The van der Waals surface area contributed by atoms with Crippen LogP contribution in [-0.4, -0.2) is 56.8 Å². The summed E-state index contributed by atoms with van der Waals surface area (Å²) in [7, 11) is 0. The van der Waals surface area contributed by atoms with Gasteiger partial charge in [0.1, 0.15) is 11.6 Å². The molecule has 2 aliphatic rings. The molecule has 0 spiro atoms. The van der Waals surface area contributed by atoms with Gasteiger partial charge in [-0.25, -0.2) is 4.39 Å². The third kappa shape index (κ3) is 3.53. The fourth-order valence-electron chi connectivity index (χ4n) is 3.71. The molecule has 150 valence electrons. The molecule has 1 aliphatic heterocycles. The van der Waals surface area contributed by atoms with Crippen LogP contribution in [0.25, 0.3) is 5.65 Å². The van der Waals surface area contributed by atoms with Crippen LogP contribution in [0.5, 0.6) is 0 Å². The van der Waals surface area contributed by atoms with Gasteiger partial charge in [-0.2, -0.15) is 4.52 Å². The normalized spacial score (nSPS) is 17.2. The summed E-state index contributed by atoms with van der Waals surface area (Å²) in [6.07, 6.45) is 2.25. The predicted octanol–water partition coefficient (Wildman–Crippen LogP) is 2.69. The van der Waals surface area contributed by atoms with Gasteiger partial charge in [0.05, 0.1) is 6.42 Å². The van der Waals surface area contributed by atoms with Gasteiger partial charge < -0.3 is 9.80 Å². The summed E-state index contributed by atoms with van der Waals surface area (Å²) < 4.78 is 15.8. The first kappa shape index (κ1) is 18.3. The molecule has 1 saturated heterocycles. The Morgan fingerprint density at radius 1 is 1.10 bits per heavy atom. The molecule has 0 N–H and O–H groups in total. The fraction of sp³-hybridized carbons (Fsp3) is 0.400. The van der Waals surface area contributed by atoms with E-state index in [1.54, 1.807) is 17.0 Å². The number of halogens is 2. The van der Waals surface area contributed by atoms with Gasteiger partial charge in [0.15, 0.2) is 11.5 Å². The highest BCUT2D eigenvalue weighted by molar-refractivity contribution is 6.31. The number of benzene rings is 1. The first-order chi connectivity index (χ1) is 14.1. The monoisotopic (exact) mass is 414 g/mol. The smallest absolute Gasteiger partial charge is 0.227 e. The van der Waals surface area contributed by atoms with Crippen molar-refractivity contribution < 1.29 is 9.18 Å². The zero-order chi connectivity index (χ0) is 20.0. The number of amides is 1. The van der Waals surface area contributed by atoms with Crippen molar-refractivity contribution in [1.82, 2.24) is 24.7 Å². The van der Waals surface area contributed by atoms with E-state index >= 15 is 0 Å². The van der Waals surface area contributed by atoms with E-state index in [0.717, 1.165) is 30.1 Å². The maximum atomic E-state index is 14.0. The van der Waals surface area contributed by atoms with E-state index in [9.17, 15) is 9.18 Å². The summed E-state index contributed by atoms with van der Waals surface area (Å²) in [5, 5.41) is 13.5. The number of rotatable bonds is 4. The quantitative estimate of drug-likeness (QED) is 0.656. The van der Waals surface area contributed by atoms with Crippen LogP contribution in [0.4, 0.5) is 10.2 Å². The van der Waals surface area contributed by atoms with E-state index in [1.165, 1.54) is 6.07 Å². The second-order valence-electron chi connectivity index (χ2n) is 7.54. The van der Waals surface area contributed by atoms with Gasteiger partial charge in [-0.1, -0.05) is 17.7 Å². The van der Waals surface area contributed by atoms with E-state index in [4.69, 9.17) is 16.7 Å². The van der Waals surface area contributed by atoms with Crippen LogP contribution < -0.4 is 4.90 Å². The summed E-state index contributed by atoms with van der Waals surface area (Å²) in [6.45, 7) is 2.44. The van der Waals surface area contributed by atoms with E-state index in [-0.39, 0.29) is 22.9 Å². The van der Waals surface area contributed by atoms with Crippen LogP contribution in [0.1, 0.15) is 30.1 Å². The van der Waals surface area contributed by atoms with Crippen LogP contribution in [0.2, 0.25) is 5.02 Å². The van der Waals surface area contributed by atoms with Crippen molar-refractivity contribution in [1.29, 1.82) is 0 Å². The number of nitrogens with zero attached hydrogens (tertiary/aromatic N) is 6. The van der Waals surface area contributed by atoms with Crippen molar-refractivity contribution in [3.8, 4) is 0 Å². The fourth-order valence-corrected chi connectivity index (χ4v) is 3.94. The third-order valence-electron chi connectivity index (χ3n) is 5.56. The van der Waals surface area contributed by atoms with Crippen molar-refractivity contribution in [3.05, 3.63) is 52.6 Å². The maximum absolute atomic E-state index is 14.0. The molecule has 0 radical (unpaired) electrons. The summed E-state index contributed by atoms with van der Waals surface area (Å²) in [6, 6.07) is 8.35. The molecular formula is C20H20ClFN6O. The van der Waals surface area contributed by atoms with Crippen LogP contribution in [-0.2, 0) is 11.2 Å². The van der Waals surface area contributed by atoms with Crippen molar-refractivity contribution in [3.63, 3.8) is 0 Å². The van der Waals surface area contributed by atoms with Crippen LogP contribution >= 0.6 is 11.6 Å². The molecule has 1 saturated carbocycles. The lowest BCUT2D eigenvalue weighted by Crippen LogP contribution is -2.49. The van der Waals surface area contributed by atoms with E-state index in [2.05, 4.69) is 15.1 Å². The summed E-state index contributed by atoms with van der Waals surface area (Å²) in [5.74, 6) is 1.69. The maximum Gasteiger partial charge on any atom is 0.227 e. The van der Waals surface area contributed by atoms with Gasteiger partial charge in [-0.15, -0.1) is 15.3 Å². The van der Waals surface area contributed by atoms with Gasteiger partial charge in [0.25, 0.3) is 0 Å². The minimum atomic E-state index is -0.442. The van der Waals surface area contributed by atoms with Gasteiger partial charge in [0.2, 0.25) is 5.91 Å². The number of fused-ring (bicyclic) bond motifs is 1. The Labute approximate surface area is 172 Å². The van der Waals surface area contributed by atoms with Gasteiger partial charge in [-0.05, 0) is 37.1 Å². The lowest BCUT2D eigenvalue weighted by atomic mass is 10.1. The molecule has 1 aromatic carbocycles. The lowest BCUT2D eigenvalue weighted by Gasteiger charge is -2.35. The molecule has 7 nitrogen and oxygen atoms in total. The summed E-state index contributed by atoms with van der Waals surface area (Å²) in [4.78, 5) is 16.5. The predicted molar refractivity (Wildman–Crippen MR) is 107 cm³/mol. The van der Waals surface area contributed by atoms with Crippen LogP contribution in [0.3, 0.4) is 0 Å². The van der Waals surface area contributed by atoms with E-state index < -0.39 is 5.82 Å². The van der Waals surface area contributed by atoms with Gasteiger partial charge in [0, 0.05) is 42.7 Å². The number of piperazine rings is 1. The van der Waals surface area contributed by atoms with Crippen molar-refractivity contribution in [2.24, 2.45) is 0 Å². The Hall–Kier alpha value is -2.74. The Morgan fingerprint density at radius 2 is 1.90 bits per heavy atom. The molecule has 0 unspecified atom stereocenters. The highest BCUT2D eigenvalue weighted by atomic mass is 35.5. The molecule has 3 heterocycles. The number of aromatic nitrogens is 4. The third-order valence-corrected chi connectivity index (χ3v) is 5.92. The topological polar surface area (TPSA) is 66.6 Å². The van der Waals surface area contributed by atoms with Crippen molar-refractivity contribution in [2.75, 3.05) is 31.1 Å². The molecule has 29 heavy (non-hydrogen) atoms. The highest BCUT2D eigenvalue weighted by Gasteiger charge is 2.30. The Kier molecular flexibility index (Phi) is 4.58. The number of hydrogen-bond acceptors (Lipinski definition) is 5. The average molecular weight is 415 g/mol. The zero-order valence-electron chi connectivity index (χ0n) is 15.8. The highest BCUT2D eigenvalue weighted by Crippen LogP contribution is 2.38. The Balaban J connectivity index is 1.26. The van der Waals surface area contributed by atoms with Crippen LogP contribution in [0.15, 0.2) is 30.3 Å². The molecule has 1 amide bonds. The second-order valence-corrected chi connectivity index (χ2v) is 7.95. The number of carbonyl (C=O) groups excluding carboxylic acids is 1. The first-order valence-corrected chi connectivity index (χ1v) is 10.2. The van der Waals surface area contributed by atoms with E-state index in [1.807, 2.05) is 16.6 Å². The molecule has 5 rings (SSSR count). The molecule has 0 bridgehead atoms. The van der Waals surface area contributed by atoms with Crippen LogP contribution in [0, 0.1) is 5.82 Å². The van der Waals surface area contributed by atoms with E-state index in [0.29, 0.717) is 32.1 Å². The molecular weight excluding hydrogens is 395 g/mol. The largest absolute Gasteiger partial charge is 0.352 e. The summed E-state index contributed by atoms with van der Waals surface area (Å²) in [5.41, 5.74) is 1.01. The number of hydrogen-bond donors (Lipinski definition) is 0. The zero-order valence-corrected chi connectivity index (χ0v) is 16.5. The molecule has 2 fully saturated rings. The van der Waals surface area contributed by atoms with Crippen molar-refractivity contribution in [2.45, 2.75) is 25.2 Å². The Morgan fingerprint density at radius 3 is 2.62 bits per heavy atom. The number of anilines is 1. The second kappa shape index (κ2) is 7.26. The summed E-state index contributed by atoms with van der Waals surface area (Å²) >= 11 is 6.05. The van der Waals surface area contributed by atoms with Crippen molar-refractivity contribution >= 4 is 29.0 Å². The molecule has 1 aliphatic carbocycles. The van der Waals surface area contributed by atoms with Gasteiger partial charge >= 0.3 is 0 Å². The lowest BCUT2D eigenvalue weighted by molar-refractivity contribution is -0.130. The molecule has 0 atom stereocenters. The average Bonchev–Trinajstić information content (AvgIpc) is 3.49. The SMILES string of the molecule is O=C(Cc1c(F)cccc1Cl)N1CCN(c2ccc3nnc(C4CC4)n3n2)CC1. The Bertz CT molecular complexity index is 1050. The molecule has 9 heteroatoms. The first-order valence-electron chi connectivity index (χ1n) is 9.78. The minimum Gasteiger partial charge on any atom is -0.352 e. The molecule has 2 aromatic heterocycles. The standard InChI is InChI=1S/C20H20ClFN6O/c21-15-2-1-3-16(22)14(15)12-19(29)27-10-8-26(9-11-27)18-7-6-17-23-24-20(13-4-5-13)28(17)25-18/h1-3,6-7,13H,4-5,8-12H2.